The van der Waals surface area contributed by atoms with Gasteiger partial charge in [-0.1, -0.05) is 30.3 Å². The molecule has 0 spiro atoms. The van der Waals surface area contributed by atoms with E-state index in [0.29, 0.717) is 11.3 Å². The first-order valence-corrected chi connectivity index (χ1v) is 8.16. The molecule has 0 N–H and O–H groups in total. The van der Waals surface area contributed by atoms with E-state index >= 15 is 0 Å². The molecule has 0 bridgehead atoms. The van der Waals surface area contributed by atoms with Crippen LogP contribution in [0.3, 0.4) is 0 Å². The van der Waals surface area contributed by atoms with Gasteiger partial charge in [0.05, 0.1) is 17.6 Å². The third kappa shape index (κ3) is 3.07. The third-order valence-electron chi connectivity index (χ3n) is 4.14. The molecule has 4 rings (SSSR count). The van der Waals surface area contributed by atoms with Gasteiger partial charge in [0.15, 0.2) is 0 Å². The highest BCUT2D eigenvalue weighted by molar-refractivity contribution is 5.83. The first-order chi connectivity index (χ1) is 12.7. The monoisotopic (exact) mass is 342 g/mol. The van der Waals surface area contributed by atoms with Crippen molar-refractivity contribution in [3.8, 4) is 33.5 Å². The number of rotatable bonds is 3. The van der Waals surface area contributed by atoms with E-state index in [4.69, 9.17) is 0 Å². The standard InChI is InChI=1S/C21H15FN4/c1-14-9-26-21(12-25-14)19-7-6-15(8-20(19)22)17-4-2-3-5-18(17)16-10-23-13-24-11-16/h2-13H,1H3. The molecular weight excluding hydrogens is 327 g/mol. The maximum Gasteiger partial charge on any atom is 0.133 e. The normalized spacial score (nSPS) is 10.7. The topological polar surface area (TPSA) is 51.6 Å². The zero-order valence-electron chi connectivity index (χ0n) is 14.1. The highest BCUT2D eigenvalue weighted by Crippen LogP contribution is 2.33. The van der Waals surface area contributed by atoms with Crippen molar-refractivity contribution >= 4 is 0 Å². The van der Waals surface area contributed by atoms with Crippen LogP contribution < -0.4 is 0 Å². The average Bonchev–Trinajstić information content (AvgIpc) is 2.69. The Hall–Kier alpha value is -3.47. The molecule has 0 atom stereocenters. The van der Waals surface area contributed by atoms with Gasteiger partial charge in [-0.2, -0.15) is 0 Å². The molecule has 2 heterocycles. The summed E-state index contributed by atoms with van der Waals surface area (Å²) in [6.07, 6.45) is 8.20. The predicted octanol–water partition coefficient (Wildman–Crippen LogP) is 4.72. The van der Waals surface area contributed by atoms with Crippen LogP contribution in [0.15, 0.2) is 73.6 Å². The predicted molar refractivity (Wildman–Crippen MR) is 98.6 cm³/mol. The molecule has 26 heavy (non-hydrogen) atoms. The molecule has 2 aromatic heterocycles. The van der Waals surface area contributed by atoms with Crippen LogP contribution in [0, 0.1) is 12.7 Å². The van der Waals surface area contributed by atoms with E-state index in [9.17, 15) is 4.39 Å². The zero-order chi connectivity index (χ0) is 17.9. The zero-order valence-corrected chi connectivity index (χ0v) is 14.1. The first kappa shape index (κ1) is 16.0. The number of benzene rings is 2. The third-order valence-corrected chi connectivity index (χ3v) is 4.14. The summed E-state index contributed by atoms with van der Waals surface area (Å²) in [6.45, 7) is 1.85. The Morgan fingerprint density at radius 3 is 2.12 bits per heavy atom. The lowest BCUT2D eigenvalue weighted by Gasteiger charge is -2.11. The lowest BCUT2D eigenvalue weighted by molar-refractivity contribution is 0.631. The molecule has 0 fully saturated rings. The Balaban J connectivity index is 1.79. The Labute approximate surface area is 150 Å². The summed E-state index contributed by atoms with van der Waals surface area (Å²) in [5.74, 6) is -0.334. The highest BCUT2D eigenvalue weighted by Gasteiger charge is 2.12. The molecule has 0 radical (unpaired) electrons. The maximum absolute atomic E-state index is 14.8. The van der Waals surface area contributed by atoms with Crippen molar-refractivity contribution in [2.24, 2.45) is 0 Å². The van der Waals surface area contributed by atoms with Crippen molar-refractivity contribution < 1.29 is 4.39 Å². The minimum absolute atomic E-state index is 0.334. The number of hydrogen-bond donors (Lipinski definition) is 0. The van der Waals surface area contributed by atoms with E-state index in [0.717, 1.165) is 27.9 Å². The lowest BCUT2D eigenvalue weighted by atomic mass is 9.95. The van der Waals surface area contributed by atoms with Crippen molar-refractivity contribution in [3.63, 3.8) is 0 Å². The average molecular weight is 342 g/mol. The summed E-state index contributed by atoms with van der Waals surface area (Å²) in [7, 11) is 0. The van der Waals surface area contributed by atoms with Crippen molar-refractivity contribution in [1.82, 2.24) is 19.9 Å². The summed E-state index contributed by atoms with van der Waals surface area (Å²) in [6, 6.07) is 13.0. The molecular formula is C21H15FN4. The smallest absolute Gasteiger partial charge is 0.133 e. The van der Waals surface area contributed by atoms with Crippen LogP contribution in [0.2, 0.25) is 0 Å². The van der Waals surface area contributed by atoms with Crippen molar-refractivity contribution in [2.75, 3.05) is 0 Å². The van der Waals surface area contributed by atoms with Crippen LogP contribution in [0.5, 0.6) is 0 Å². The largest absolute Gasteiger partial charge is 0.258 e. The second kappa shape index (κ2) is 6.80. The molecule has 0 saturated heterocycles. The molecule has 0 saturated carbocycles. The van der Waals surface area contributed by atoms with E-state index in [2.05, 4.69) is 19.9 Å². The SMILES string of the molecule is Cc1cnc(-c2ccc(-c3ccccc3-c3cncnc3)cc2F)cn1. The number of nitrogens with zero attached hydrogens (tertiary/aromatic N) is 4. The molecule has 0 amide bonds. The minimum Gasteiger partial charge on any atom is -0.258 e. The quantitative estimate of drug-likeness (QED) is 0.541. The summed E-state index contributed by atoms with van der Waals surface area (Å²) < 4.78 is 14.8. The number of hydrogen-bond acceptors (Lipinski definition) is 4. The van der Waals surface area contributed by atoms with Crippen LogP contribution in [-0.2, 0) is 0 Å². The molecule has 4 aromatic rings. The minimum atomic E-state index is -0.334. The summed E-state index contributed by atoms with van der Waals surface area (Å²) >= 11 is 0. The first-order valence-electron chi connectivity index (χ1n) is 8.16. The Morgan fingerprint density at radius 2 is 1.46 bits per heavy atom. The molecule has 0 unspecified atom stereocenters. The van der Waals surface area contributed by atoms with Gasteiger partial charge >= 0.3 is 0 Å². The van der Waals surface area contributed by atoms with Gasteiger partial charge in [-0.05, 0) is 35.7 Å². The van der Waals surface area contributed by atoms with Gasteiger partial charge in [-0.15, -0.1) is 0 Å². The van der Waals surface area contributed by atoms with Gasteiger partial charge in [-0.3, -0.25) is 9.97 Å². The maximum atomic E-state index is 14.8. The summed E-state index contributed by atoms with van der Waals surface area (Å²) in [5.41, 5.74) is 5.29. The van der Waals surface area contributed by atoms with Crippen LogP contribution in [-0.4, -0.2) is 19.9 Å². The lowest BCUT2D eigenvalue weighted by Crippen LogP contribution is -1.93. The van der Waals surface area contributed by atoms with E-state index in [1.54, 1.807) is 30.9 Å². The number of halogens is 1. The molecule has 0 aliphatic rings. The van der Waals surface area contributed by atoms with Gasteiger partial charge in [0.2, 0.25) is 0 Å². The van der Waals surface area contributed by atoms with Gasteiger partial charge in [0.25, 0.3) is 0 Å². The second-order valence-corrected chi connectivity index (χ2v) is 5.91. The fraction of sp³-hybridized carbons (Fsp3) is 0.0476. The summed E-state index contributed by atoms with van der Waals surface area (Å²) in [4.78, 5) is 16.6. The van der Waals surface area contributed by atoms with E-state index in [-0.39, 0.29) is 5.82 Å². The molecule has 5 heteroatoms. The Bertz CT molecular complexity index is 1050. The van der Waals surface area contributed by atoms with Gasteiger partial charge < -0.3 is 0 Å². The van der Waals surface area contributed by atoms with Crippen LogP contribution in [0.1, 0.15) is 5.69 Å². The van der Waals surface area contributed by atoms with Gasteiger partial charge in [-0.25, -0.2) is 14.4 Å². The number of aromatic nitrogens is 4. The second-order valence-electron chi connectivity index (χ2n) is 5.91. The van der Waals surface area contributed by atoms with Crippen LogP contribution in [0.4, 0.5) is 4.39 Å². The van der Waals surface area contributed by atoms with Gasteiger partial charge in [0.1, 0.15) is 12.1 Å². The number of aryl methyl sites for hydroxylation is 1. The van der Waals surface area contributed by atoms with Crippen molar-refractivity contribution in [2.45, 2.75) is 6.92 Å². The van der Waals surface area contributed by atoms with E-state index < -0.39 is 0 Å². The van der Waals surface area contributed by atoms with Crippen LogP contribution in [0.25, 0.3) is 33.5 Å². The van der Waals surface area contributed by atoms with E-state index in [1.165, 1.54) is 12.4 Å². The Morgan fingerprint density at radius 1 is 0.731 bits per heavy atom. The van der Waals surface area contributed by atoms with Crippen LogP contribution >= 0.6 is 0 Å². The highest BCUT2D eigenvalue weighted by atomic mass is 19.1. The molecule has 0 aliphatic heterocycles. The molecule has 0 aliphatic carbocycles. The Kier molecular flexibility index (Phi) is 4.19. The molecule has 2 aromatic carbocycles. The van der Waals surface area contributed by atoms with Crippen molar-refractivity contribution in [1.29, 1.82) is 0 Å². The summed E-state index contributed by atoms with van der Waals surface area (Å²) in [5, 5.41) is 0. The van der Waals surface area contributed by atoms with E-state index in [1.807, 2.05) is 37.3 Å². The molecule has 4 nitrogen and oxygen atoms in total. The fourth-order valence-corrected chi connectivity index (χ4v) is 2.85. The van der Waals surface area contributed by atoms with Gasteiger partial charge in [0, 0.05) is 29.7 Å². The molecule has 126 valence electrons. The fourth-order valence-electron chi connectivity index (χ4n) is 2.85. The van der Waals surface area contributed by atoms with Crippen molar-refractivity contribution in [3.05, 3.63) is 85.1 Å².